The van der Waals surface area contributed by atoms with Gasteiger partial charge in [0.25, 0.3) is 5.91 Å². The van der Waals surface area contributed by atoms with E-state index in [1.165, 1.54) is 23.1 Å². The van der Waals surface area contributed by atoms with Crippen LogP contribution in [-0.2, 0) is 9.84 Å². The largest absolute Gasteiger partial charge is 0.311 e. The number of fused-ring (bicyclic) bond motifs is 1. The van der Waals surface area contributed by atoms with Gasteiger partial charge < -0.3 is 4.90 Å². The lowest BCUT2D eigenvalue weighted by Gasteiger charge is -2.19. The molecule has 0 heterocycles. The van der Waals surface area contributed by atoms with Gasteiger partial charge in [-0.05, 0) is 41.1 Å². The van der Waals surface area contributed by atoms with Gasteiger partial charge in [-0.2, -0.15) is 0 Å². The zero-order valence-electron chi connectivity index (χ0n) is 13.7. The van der Waals surface area contributed by atoms with Crippen LogP contribution in [0.2, 0.25) is 5.02 Å². The SMILES string of the molecule is CN(C(=O)c1cc(S(C)(=O)=O)ccc1Cl)c1ccc2ccccc2c1. The number of sulfone groups is 1. The summed E-state index contributed by atoms with van der Waals surface area (Å²) in [4.78, 5) is 14.3. The van der Waals surface area contributed by atoms with Crippen LogP contribution in [0.25, 0.3) is 10.8 Å². The first-order valence-electron chi connectivity index (χ1n) is 7.54. The highest BCUT2D eigenvalue weighted by atomic mass is 35.5. The molecule has 0 saturated heterocycles. The molecule has 25 heavy (non-hydrogen) atoms. The number of nitrogens with zero attached hydrogens (tertiary/aromatic N) is 1. The van der Waals surface area contributed by atoms with Crippen molar-refractivity contribution in [1.82, 2.24) is 0 Å². The zero-order chi connectivity index (χ0) is 18.2. The Morgan fingerprint density at radius 3 is 2.32 bits per heavy atom. The van der Waals surface area contributed by atoms with Crippen molar-refractivity contribution in [2.75, 3.05) is 18.2 Å². The molecule has 0 spiro atoms. The third kappa shape index (κ3) is 3.52. The molecular weight excluding hydrogens is 358 g/mol. The van der Waals surface area contributed by atoms with Gasteiger partial charge in [-0.3, -0.25) is 4.79 Å². The van der Waals surface area contributed by atoms with Crippen molar-refractivity contribution in [2.45, 2.75) is 4.90 Å². The maximum atomic E-state index is 12.8. The fourth-order valence-electron chi connectivity index (χ4n) is 2.58. The van der Waals surface area contributed by atoms with E-state index in [1.54, 1.807) is 7.05 Å². The van der Waals surface area contributed by atoms with Gasteiger partial charge in [0.2, 0.25) is 0 Å². The Labute approximate surface area is 151 Å². The molecule has 0 N–H and O–H groups in total. The van der Waals surface area contributed by atoms with Crippen molar-refractivity contribution >= 4 is 43.8 Å². The summed E-state index contributed by atoms with van der Waals surface area (Å²) in [6.07, 6.45) is 1.09. The van der Waals surface area contributed by atoms with Gasteiger partial charge in [0.1, 0.15) is 0 Å². The molecule has 3 aromatic carbocycles. The lowest BCUT2D eigenvalue weighted by Crippen LogP contribution is -2.26. The summed E-state index contributed by atoms with van der Waals surface area (Å²) in [5.74, 6) is -0.370. The number of rotatable bonds is 3. The van der Waals surface area contributed by atoms with Crippen LogP contribution in [0.1, 0.15) is 10.4 Å². The molecule has 0 bridgehead atoms. The van der Waals surface area contributed by atoms with Crippen LogP contribution < -0.4 is 4.90 Å². The predicted octanol–water partition coefficient (Wildman–Crippen LogP) is 4.17. The summed E-state index contributed by atoms with van der Waals surface area (Å²) >= 11 is 6.13. The average Bonchev–Trinajstić information content (AvgIpc) is 2.59. The van der Waals surface area contributed by atoms with Crippen molar-refractivity contribution in [2.24, 2.45) is 0 Å². The first kappa shape index (κ1) is 17.5. The van der Waals surface area contributed by atoms with E-state index in [1.807, 2.05) is 42.5 Å². The van der Waals surface area contributed by atoms with Crippen molar-refractivity contribution in [3.05, 3.63) is 71.2 Å². The van der Waals surface area contributed by atoms with Crippen LogP contribution >= 0.6 is 11.6 Å². The minimum atomic E-state index is -3.42. The van der Waals surface area contributed by atoms with E-state index < -0.39 is 9.84 Å². The molecular formula is C19H16ClNO3S. The lowest BCUT2D eigenvalue weighted by molar-refractivity contribution is 0.0993. The van der Waals surface area contributed by atoms with Gasteiger partial charge in [0.15, 0.2) is 9.84 Å². The summed E-state index contributed by atoms with van der Waals surface area (Å²) in [5, 5.41) is 2.30. The second-order valence-corrected chi connectivity index (χ2v) is 8.23. The summed E-state index contributed by atoms with van der Waals surface area (Å²) in [6, 6.07) is 17.7. The fraction of sp³-hybridized carbons (Fsp3) is 0.105. The second-order valence-electron chi connectivity index (χ2n) is 5.81. The van der Waals surface area contributed by atoms with E-state index in [0.29, 0.717) is 5.69 Å². The number of halogens is 1. The maximum absolute atomic E-state index is 12.8. The normalized spacial score (nSPS) is 11.5. The first-order valence-corrected chi connectivity index (χ1v) is 9.81. The van der Waals surface area contributed by atoms with Crippen LogP contribution in [-0.4, -0.2) is 27.6 Å². The minimum absolute atomic E-state index is 0.0622. The Hall–Kier alpha value is -2.37. The topological polar surface area (TPSA) is 54.5 Å². The fourth-order valence-corrected chi connectivity index (χ4v) is 3.43. The van der Waals surface area contributed by atoms with Crippen molar-refractivity contribution in [3.63, 3.8) is 0 Å². The highest BCUT2D eigenvalue weighted by Gasteiger charge is 2.19. The third-order valence-corrected chi connectivity index (χ3v) is 5.46. The van der Waals surface area contributed by atoms with E-state index in [0.717, 1.165) is 17.0 Å². The van der Waals surface area contributed by atoms with Crippen LogP contribution in [0, 0.1) is 0 Å². The Morgan fingerprint density at radius 2 is 1.64 bits per heavy atom. The third-order valence-electron chi connectivity index (χ3n) is 4.02. The van der Waals surface area contributed by atoms with Crippen LogP contribution in [0.15, 0.2) is 65.6 Å². The lowest BCUT2D eigenvalue weighted by atomic mass is 10.1. The summed E-state index contributed by atoms with van der Waals surface area (Å²) < 4.78 is 23.5. The van der Waals surface area contributed by atoms with Crippen LogP contribution in [0.3, 0.4) is 0 Å². The van der Waals surface area contributed by atoms with Crippen molar-refractivity contribution in [1.29, 1.82) is 0 Å². The number of amides is 1. The Morgan fingerprint density at radius 1 is 0.960 bits per heavy atom. The van der Waals surface area contributed by atoms with E-state index in [9.17, 15) is 13.2 Å². The highest BCUT2D eigenvalue weighted by Crippen LogP contribution is 2.26. The molecule has 0 aliphatic heterocycles. The smallest absolute Gasteiger partial charge is 0.259 e. The predicted molar refractivity (Wildman–Crippen MR) is 101 cm³/mol. The first-order chi connectivity index (χ1) is 11.8. The quantitative estimate of drug-likeness (QED) is 0.692. The van der Waals surface area contributed by atoms with Gasteiger partial charge in [0.05, 0.1) is 15.5 Å². The molecule has 0 fully saturated rings. The van der Waals surface area contributed by atoms with E-state index >= 15 is 0 Å². The summed E-state index contributed by atoms with van der Waals surface area (Å²) in [6.45, 7) is 0. The monoisotopic (exact) mass is 373 g/mol. The molecule has 0 radical (unpaired) electrons. The molecule has 0 aliphatic rings. The summed E-state index contributed by atoms with van der Waals surface area (Å²) in [7, 11) is -1.79. The Balaban J connectivity index is 2.02. The highest BCUT2D eigenvalue weighted by molar-refractivity contribution is 7.90. The number of hydrogen-bond donors (Lipinski definition) is 0. The maximum Gasteiger partial charge on any atom is 0.259 e. The van der Waals surface area contributed by atoms with Gasteiger partial charge in [0, 0.05) is 19.0 Å². The molecule has 3 aromatic rings. The zero-order valence-corrected chi connectivity index (χ0v) is 15.3. The summed E-state index contributed by atoms with van der Waals surface area (Å²) in [5.41, 5.74) is 0.852. The van der Waals surface area contributed by atoms with Crippen LogP contribution in [0.5, 0.6) is 0 Å². The molecule has 128 valence electrons. The van der Waals surface area contributed by atoms with E-state index in [2.05, 4.69) is 0 Å². The van der Waals surface area contributed by atoms with E-state index in [4.69, 9.17) is 11.6 Å². The van der Waals surface area contributed by atoms with Crippen LogP contribution in [0.4, 0.5) is 5.69 Å². The van der Waals surface area contributed by atoms with Crippen molar-refractivity contribution in [3.8, 4) is 0 Å². The molecule has 1 amide bonds. The Bertz CT molecular complexity index is 1080. The second kappa shape index (κ2) is 6.50. The molecule has 0 saturated carbocycles. The molecule has 0 aliphatic carbocycles. The molecule has 4 nitrogen and oxygen atoms in total. The molecule has 0 aromatic heterocycles. The number of carbonyl (C=O) groups excluding carboxylic acids is 1. The number of anilines is 1. The van der Waals surface area contributed by atoms with Gasteiger partial charge >= 0.3 is 0 Å². The number of carbonyl (C=O) groups is 1. The number of benzene rings is 3. The molecule has 6 heteroatoms. The molecule has 3 rings (SSSR count). The van der Waals surface area contributed by atoms with E-state index in [-0.39, 0.29) is 21.4 Å². The minimum Gasteiger partial charge on any atom is -0.311 e. The standard InChI is InChI=1S/C19H16ClNO3S/c1-21(15-8-7-13-5-3-4-6-14(13)11-15)19(22)17-12-16(25(2,23)24)9-10-18(17)20/h3-12H,1-2H3. The van der Waals surface area contributed by atoms with Gasteiger partial charge in [-0.1, -0.05) is 41.9 Å². The number of hydrogen-bond acceptors (Lipinski definition) is 3. The van der Waals surface area contributed by atoms with Gasteiger partial charge in [-0.25, -0.2) is 8.42 Å². The average molecular weight is 374 g/mol. The van der Waals surface area contributed by atoms with Crippen molar-refractivity contribution < 1.29 is 13.2 Å². The molecule has 0 unspecified atom stereocenters. The Kier molecular flexibility index (Phi) is 4.54. The molecule has 0 atom stereocenters. The van der Waals surface area contributed by atoms with Gasteiger partial charge in [-0.15, -0.1) is 0 Å².